The fourth-order valence-electron chi connectivity index (χ4n) is 4.07. The molecule has 5 rings (SSSR count). The Morgan fingerprint density at radius 3 is 2.46 bits per heavy atom. The molecule has 176 valence electrons. The zero-order valence-corrected chi connectivity index (χ0v) is 20.3. The van der Waals surface area contributed by atoms with Crippen LogP contribution in [0.1, 0.15) is 33.3 Å². The number of hydrogen-bond donors (Lipinski definition) is 1. The molecule has 1 aliphatic rings. The lowest BCUT2D eigenvalue weighted by Crippen LogP contribution is -2.67. The van der Waals surface area contributed by atoms with Crippen LogP contribution in [0.4, 0.5) is 0 Å². The summed E-state index contributed by atoms with van der Waals surface area (Å²) in [6, 6.07) is 21.7. The van der Waals surface area contributed by atoms with Crippen molar-refractivity contribution in [1.29, 1.82) is 0 Å². The molecular weight excluding hydrogens is 484 g/mol. The Morgan fingerprint density at radius 1 is 1.03 bits per heavy atom. The summed E-state index contributed by atoms with van der Waals surface area (Å²) >= 11 is 7.48. The van der Waals surface area contributed by atoms with Crippen molar-refractivity contribution >= 4 is 40.7 Å². The van der Waals surface area contributed by atoms with E-state index in [1.807, 2.05) is 47.8 Å². The van der Waals surface area contributed by atoms with Crippen LogP contribution in [0, 0.1) is 0 Å². The van der Waals surface area contributed by atoms with Crippen LogP contribution in [0.5, 0.6) is 0 Å². The maximum Gasteiger partial charge on any atom is 0.283 e. The first-order valence-corrected chi connectivity index (χ1v) is 12.2. The smallest absolute Gasteiger partial charge is 0.283 e. The fourth-order valence-corrected chi connectivity index (χ4v) is 4.88. The zero-order chi connectivity index (χ0) is 24.6. The van der Waals surface area contributed by atoms with E-state index in [1.54, 1.807) is 30.3 Å². The van der Waals surface area contributed by atoms with E-state index in [0.29, 0.717) is 10.7 Å². The molecule has 0 saturated heterocycles. The number of nitrogens with one attached hydrogen (secondary N) is 1. The summed E-state index contributed by atoms with van der Waals surface area (Å²) in [6.07, 6.45) is 0. The number of nitrogens with zero attached hydrogens (tertiary/aromatic N) is 3. The Balaban J connectivity index is 1.54. The predicted molar refractivity (Wildman–Crippen MR) is 134 cm³/mol. The van der Waals surface area contributed by atoms with E-state index in [4.69, 9.17) is 11.6 Å². The van der Waals surface area contributed by atoms with Gasteiger partial charge in [0.05, 0.1) is 4.88 Å². The van der Waals surface area contributed by atoms with Crippen molar-refractivity contribution in [3.8, 4) is 10.6 Å². The Morgan fingerprint density at radius 2 is 1.77 bits per heavy atom. The van der Waals surface area contributed by atoms with Crippen molar-refractivity contribution < 1.29 is 14.4 Å². The summed E-state index contributed by atoms with van der Waals surface area (Å²) in [7, 11) is 0. The van der Waals surface area contributed by atoms with Crippen molar-refractivity contribution in [2.45, 2.75) is 25.6 Å². The van der Waals surface area contributed by atoms with Gasteiger partial charge in [-0.05, 0) is 47.7 Å². The molecule has 3 heterocycles. The van der Waals surface area contributed by atoms with Crippen LogP contribution in [0.15, 0.2) is 78.2 Å². The molecule has 0 radical (unpaired) electrons. The highest BCUT2D eigenvalue weighted by Crippen LogP contribution is 2.32. The van der Waals surface area contributed by atoms with Crippen LogP contribution in [0.25, 0.3) is 10.6 Å². The Labute approximate surface area is 210 Å². The van der Waals surface area contributed by atoms with Crippen molar-refractivity contribution in [3.05, 3.63) is 100 Å². The molecule has 2 amide bonds. The third-order valence-electron chi connectivity index (χ3n) is 6.09. The van der Waals surface area contributed by atoms with E-state index in [-0.39, 0.29) is 18.8 Å². The third kappa shape index (κ3) is 4.15. The SMILES string of the molecule is CC1(C(=O)NCc2ccccc2)C(=O)n2nc(-c3cccs3)cc2C(=O)N1Cc1ccc(Cl)cc1. The monoisotopic (exact) mass is 504 g/mol. The number of hydrogen-bond acceptors (Lipinski definition) is 5. The maximum absolute atomic E-state index is 13.8. The van der Waals surface area contributed by atoms with E-state index >= 15 is 0 Å². The molecule has 2 aromatic carbocycles. The Hall–Kier alpha value is -3.75. The van der Waals surface area contributed by atoms with Gasteiger partial charge in [-0.25, -0.2) is 0 Å². The van der Waals surface area contributed by atoms with Crippen molar-refractivity contribution in [1.82, 2.24) is 20.0 Å². The molecule has 0 fully saturated rings. The number of amides is 2. The van der Waals surface area contributed by atoms with E-state index in [0.717, 1.165) is 20.7 Å². The molecule has 1 N–H and O–H groups in total. The first-order chi connectivity index (χ1) is 16.9. The molecule has 7 nitrogen and oxygen atoms in total. The topological polar surface area (TPSA) is 84.3 Å². The minimum atomic E-state index is -1.81. The predicted octanol–water partition coefficient (Wildman–Crippen LogP) is 4.64. The summed E-state index contributed by atoms with van der Waals surface area (Å²) in [5.74, 6) is -1.62. The van der Waals surface area contributed by atoms with Gasteiger partial charge in [0.25, 0.3) is 17.7 Å². The molecular formula is C26H21ClN4O3S. The van der Waals surface area contributed by atoms with Crippen LogP contribution < -0.4 is 5.32 Å². The van der Waals surface area contributed by atoms with Gasteiger partial charge in [-0.2, -0.15) is 9.78 Å². The summed E-state index contributed by atoms with van der Waals surface area (Å²) in [5, 5.41) is 9.69. The Bertz CT molecular complexity index is 1400. The van der Waals surface area contributed by atoms with Crippen molar-refractivity contribution in [2.75, 3.05) is 0 Å². The van der Waals surface area contributed by atoms with Crippen LogP contribution in [0.3, 0.4) is 0 Å². The lowest BCUT2D eigenvalue weighted by atomic mass is 9.93. The minimum Gasteiger partial charge on any atom is -0.350 e. The number of carbonyl (C=O) groups excluding carboxylic acids is 3. The molecule has 1 unspecified atom stereocenters. The number of carbonyl (C=O) groups is 3. The highest BCUT2D eigenvalue weighted by atomic mass is 35.5. The standard InChI is InChI=1S/C26H21ClN4O3S/c1-26(24(33)28-15-17-6-3-2-4-7-17)25(34)31-21(14-20(29-31)22-8-5-13-35-22)23(32)30(26)16-18-9-11-19(27)12-10-18/h2-14H,15-16H2,1H3,(H,28,33). The summed E-state index contributed by atoms with van der Waals surface area (Å²) < 4.78 is 1.07. The van der Waals surface area contributed by atoms with E-state index < -0.39 is 23.3 Å². The molecule has 0 spiro atoms. The molecule has 35 heavy (non-hydrogen) atoms. The second-order valence-electron chi connectivity index (χ2n) is 8.37. The van der Waals surface area contributed by atoms with Gasteiger partial charge in [0.2, 0.25) is 5.54 Å². The van der Waals surface area contributed by atoms with E-state index in [9.17, 15) is 14.4 Å². The van der Waals surface area contributed by atoms with Gasteiger partial charge in [0.15, 0.2) is 0 Å². The highest BCUT2D eigenvalue weighted by molar-refractivity contribution is 7.13. The number of fused-ring (bicyclic) bond motifs is 1. The third-order valence-corrected chi connectivity index (χ3v) is 7.23. The average molecular weight is 505 g/mol. The first-order valence-electron chi connectivity index (χ1n) is 11.0. The lowest BCUT2D eigenvalue weighted by molar-refractivity contribution is -0.129. The summed E-state index contributed by atoms with van der Waals surface area (Å²) in [5.41, 5.74) is 0.446. The largest absolute Gasteiger partial charge is 0.350 e. The fraction of sp³-hybridized carbons (Fsp3) is 0.154. The number of aromatic nitrogens is 2. The molecule has 0 aliphatic carbocycles. The molecule has 4 aromatic rings. The normalized spacial score (nSPS) is 17.4. The molecule has 1 atom stereocenters. The quantitative estimate of drug-likeness (QED) is 0.388. The van der Waals surface area contributed by atoms with Crippen LogP contribution in [-0.2, 0) is 17.9 Å². The second-order valence-corrected chi connectivity index (χ2v) is 9.75. The van der Waals surface area contributed by atoms with E-state index in [2.05, 4.69) is 10.4 Å². The Kier molecular flexibility index (Phi) is 6.00. The summed E-state index contributed by atoms with van der Waals surface area (Å²) in [6.45, 7) is 1.74. The average Bonchev–Trinajstić information content (AvgIpc) is 3.56. The van der Waals surface area contributed by atoms with Crippen LogP contribution in [-0.4, -0.2) is 37.9 Å². The number of benzene rings is 2. The van der Waals surface area contributed by atoms with Gasteiger partial charge in [-0.1, -0.05) is 60.1 Å². The van der Waals surface area contributed by atoms with Gasteiger partial charge in [-0.15, -0.1) is 11.3 Å². The molecule has 0 bridgehead atoms. The van der Waals surface area contributed by atoms with Crippen molar-refractivity contribution in [2.24, 2.45) is 0 Å². The van der Waals surface area contributed by atoms with E-state index in [1.165, 1.54) is 23.2 Å². The first kappa shape index (κ1) is 23.0. The number of thiophene rings is 1. The molecule has 9 heteroatoms. The zero-order valence-electron chi connectivity index (χ0n) is 18.8. The second kappa shape index (κ2) is 9.13. The number of halogens is 1. The number of rotatable bonds is 6. The van der Waals surface area contributed by atoms with Crippen LogP contribution >= 0.6 is 22.9 Å². The highest BCUT2D eigenvalue weighted by Gasteiger charge is 2.54. The van der Waals surface area contributed by atoms with Gasteiger partial charge in [0.1, 0.15) is 11.4 Å². The van der Waals surface area contributed by atoms with Gasteiger partial charge in [-0.3, -0.25) is 14.4 Å². The summed E-state index contributed by atoms with van der Waals surface area (Å²) in [4.78, 5) is 43.2. The van der Waals surface area contributed by atoms with Crippen LogP contribution in [0.2, 0.25) is 5.02 Å². The van der Waals surface area contributed by atoms with Gasteiger partial charge >= 0.3 is 0 Å². The lowest BCUT2D eigenvalue weighted by Gasteiger charge is -2.41. The molecule has 2 aromatic heterocycles. The minimum absolute atomic E-state index is 0.0521. The van der Waals surface area contributed by atoms with Crippen molar-refractivity contribution in [3.63, 3.8) is 0 Å². The van der Waals surface area contributed by atoms with Gasteiger partial charge < -0.3 is 10.2 Å². The molecule has 0 saturated carbocycles. The van der Waals surface area contributed by atoms with Gasteiger partial charge in [0, 0.05) is 18.1 Å². The molecule has 1 aliphatic heterocycles. The maximum atomic E-state index is 13.8.